The summed E-state index contributed by atoms with van der Waals surface area (Å²) in [5, 5.41) is 9.39. The number of rotatable bonds is 1. The maximum atomic E-state index is 12.8. The molecule has 4 nitrogen and oxygen atoms in total. The Hall–Kier alpha value is -2.02. The summed E-state index contributed by atoms with van der Waals surface area (Å²) in [5.74, 6) is 0.927. The molecule has 1 aromatic carbocycles. The molecule has 1 aliphatic carbocycles. The van der Waals surface area contributed by atoms with Gasteiger partial charge in [-0.1, -0.05) is 25.1 Å². The Balaban J connectivity index is 1.94. The highest BCUT2D eigenvalue weighted by Crippen LogP contribution is 2.53. The zero-order chi connectivity index (χ0) is 15.3. The molecule has 4 heteroatoms. The van der Waals surface area contributed by atoms with E-state index in [-0.39, 0.29) is 11.8 Å². The van der Waals surface area contributed by atoms with E-state index in [0.29, 0.717) is 19.5 Å². The molecular weight excluding hydrogens is 264 g/mol. The zero-order valence-corrected chi connectivity index (χ0v) is 12.7. The monoisotopic (exact) mass is 284 g/mol. The third kappa shape index (κ3) is 2.27. The van der Waals surface area contributed by atoms with Gasteiger partial charge in [0.15, 0.2) is 0 Å². The molecule has 1 amide bonds. The Kier molecular flexibility index (Phi) is 2.98. The highest BCUT2D eigenvalue weighted by molar-refractivity contribution is 5.89. The Morgan fingerprint density at radius 1 is 1.43 bits per heavy atom. The number of benzene rings is 1. The number of amides is 1. The lowest BCUT2D eigenvalue weighted by Gasteiger charge is -2.30. The predicted octanol–water partition coefficient (Wildman–Crippen LogP) is 2.74. The molecule has 0 saturated heterocycles. The summed E-state index contributed by atoms with van der Waals surface area (Å²) < 4.78 is 6.04. The van der Waals surface area contributed by atoms with E-state index in [1.54, 1.807) is 4.90 Å². The Morgan fingerprint density at radius 2 is 2.10 bits per heavy atom. The van der Waals surface area contributed by atoms with Crippen LogP contribution in [0.2, 0.25) is 0 Å². The van der Waals surface area contributed by atoms with Crippen molar-refractivity contribution in [3.8, 4) is 11.8 Å². The standard InChI is InChI=1S/C17H20N2O2/c1-12-8-17(12,10-18)15(20)19-9-13-6-4-5-7-14(13)21-16(2,3)11-19/h4-7,12H,8-9,11H2,1-3H3. The maximum absolute atomic E-state index is 12.8. The molecule has 0 radical (unpaired) electrons. The third-order valence-corrected chi connectivity index (χ3v) is 4.47. The minimum Gasteiger partial charge on any atom is -0.486 e. The van der Waals surface area contributed by atoms with Crippen LogP contribution in [-0.4, -0.2) is 23.0 Å². The van der Waals surface area contributed by atoms with E-state index in [0.717, 1.165) is 11.3 Å². The number of nitrogens with zero attached hydrogens (tertiary/aromatic N) is 2. The van der Waals surface area contributed by atoms with E-state index in [4.69, 9.17) is 4.74 Å². The molecule has 1 aliphatic heterocycles. The smallest absolute Gasteiger partial charge is 0.243 e. The van der Waals surface area contributed by atoms with Gasteiger partial charge in [-0.25, -0.2) is 0 Å². The number of fused-ring (bicyclic) bond motifs is 1. The van der Waals surface area contributed by atoms with Gasteiger partial charge in [0.2, 0.25) is 5.91 Å². The molecule has 1 saturated carbocycles. The van der Waals surface area contributed by atoms with Gasteiger partial charge < -0.3 is 9.64 Å². The van der Waals surface area contributed by atoms with Crippen LogP contribution in [0, 0.1) is 22.7 Å². The molecule has 0 N–H and O–H groups in total. The molecule has 1 aromatic rings. The van der Waals surface area contributed by atoms with Crippen LogP contribution >= 0.6 is 0 Å². The van der Waals surface area contributed by atoms with Crippen molar-refractivity contribution in [1.29, 1.82) is 5.26 Å². The molecule has 21 heavy (non-hydrogen) atoms. The van der Waals surface area contributed by atoms with Gasteiger partial charge in [-0.05, 0) is 32.3 Å². The first-order valence-corrected chi connectivity index (χ1v) is 7.35. The Labute approximate surface area is 125 Å². The average Bonchev–Trinajstić information content (AvgIpc) is 3.12. The first-order chi connectivity index (χ1) is 9.88. The fourth-order valence-corrected chi connectivity index (χ4v) is 3.14. The number of carbonyl (C=O) groups excluding carboxylic acids is 1. The summed E-state index contributed by atoms with van der Waals surface area (Å²) >= 11 is 0. The van der Waals surface area contributed by atoms with Crippen LogP contribution in [0.4, 0.5) is 0 Å². The summed E-state index contributed by atoms with van der Waals surface area (Å²) in [6.07, 6.45) is 0.668. The summed E-state index contributed by atoms with van der Waals surface area (Å²) in [6, 6.07) is 10.0. The van der Waals surface area contributed by atoms with Gasteiger partial charge in [0.05, 0.1) is 12.6 Å². The maximum Gasteiger partial charge on any atom is 0.243 e. The number of para-hydroxylation sites is 1. The molecule has 2 atom stereocenters. The molecule has 1 heterocycles. The molecule has 3 rings (SSSR count). The van der Waals surface area contributed by atoms with Crippen LogP contribution in [0.3, 0.4) is 0 Å². The fraction of sp³-hybridized carbons (Fsp3) is 0.529. The van der Waals surface area contributed by atoms with Crippen LogP contribution in [0.25, 0.3) is 0 Å². The third-order valence-electron chi connectivity index (χ3n) is 4.47. The van der Waals surface area contributed by atoms with Crippen molar-refractivity contribution in [2.75, 3.05) is 6.54 Å². The highest BCUT2D eigenvalue weighted by Gasteiger charge is 2.60. The average molecular weight is 284 g/mol. The second-order valence-corrected chi connectivity index (χ2v) is 6.82. The minimum absolute atomic E-state index is 0.0501. The first kappa shape index (κ1) is 13.9. The van der Waals surface area contributed by atoms with E-state index in [1.807, 2.05) is 45.0 Å². The van der Waals surface area contributed by atoms with E-state index < -0.39 is 11.0 Å². The topological polar surface area (TPSA) is 53.3 Å². The highest BCUT2D eigenvalue weighted by atomic mass is 16.5. The zero-order valence-electron chi connectivity index (χ0n) is 12.7. The summed E-state index contributed by atoms with van der Waals surface area (Å²) in [4.78, 5) is 14.6. The summed E-state index contributed by atoms with van der Waals surface area (Å²) in [7, 11) is 0. The summed E-state index contributed by atoms with van der Waals surface area (Å²) in [5.41, 5.74) is -0.273. The van der Waals surface area contributed by atoms with E-state index >= 15 is 0 Å². The normalized spacial score (nSPS) is 29.6. The van der Waals surface area contributed by atoms with Gasteiger partial charge in [-0.15, -0.1) is 0 Å². The minimum atomic E-state index is -0.810. The SMILES string of the molecule is CC1CC1(C#N)C(=O)N1Cc2ccccc2OC(C)(C)C1. The Bertz CT molecular complexity index is 632. The van der Waals surface area contributed by atoms with Gasteiger partial charge in [0.25, 0.3) is 0 Å². The molecule has 0 bridgehead atoms. The van der Waals surface area contributed by atoms with Crippen LogP contribution in [-0.2, 0) is 11.3 Å². The first-order valence-electron chi connectivity index (χ1n) is 7.35. The molecule has 0 spiro atoms. The van der Waals surface area contributed by atoms with Crippen molar-refractivity contribution in [3.63, 3.8) is 0 Å². The van der Waals surface area contributed by atoms with Crippen molar-refractivity contribution >= 4 is 5.91 Å². The van der Waals surface area contributed by atoms with Gasteiger partial charge in [0.1, 0.15) is 16.8 Å². The van der Waals surface area contributed by atoms with Gasteiger partial charge >= 0.3 is 0 Å². The molecule has 2 unspecified atom stereocenters. The van der Waals surface area contributed by atoms with Crippen LogP contribution in [0.1, 0.15) is 32.8 Å². The largest absolute Gasteiger partial charge is 0.486 e. The summed E-state index contributed by atoms with van der Waals surface area (Å²) in [6.45, 7) is 6.93. The number of hydrogen-bond donors (Lipinski definition) is 0. The number of nitriles is 1. The number of hydrogen-bond acceptors (Lipinski definition) is 3. The van der Waals surface area contributed by atoms with E-state index in [1.165, 1.54) is 0 Å². The Morgan fingerprint density at radius 3 is 2.71 bits per heavy atom. The van der Waals surface area contributed by atoms with Crippen molar-refractivity contribution in [1.82, 2.24) is 4.90 Å². The molecule has 2 aliphatic rings. The lowest BCUT2D eigenvalue weighted by atomic mass is 10.0. The molecule has 110 valence electrons. The van der Waals surface area contributed by atoms with Crippen LogP contribution < -0.4 is 4.74 Å². The van der Waals surface area contributed by atoms with Crippen molar-refractivity contribution < 1.29 is 9.53 Å². The second kappa shape index (κ2) is 4.49. The van der Waals surface area contributed by atoms with Crippen molar-refractivity contribution in [2.24, 2.45) is 11.3 Å². The number of ether oxygens (including phenoxy) is 1. The fourth-order valence-electron chi connectivity index (χ4n) is 3.14. The van der Waals surface area contributed by atoms with Gasteiger partial charge in [-0.3, -0.25) is 4.79 Å². The molecule has 1 fully saturated rings. The van der Waals surface area contributed by atoms with Crippen LogP contribution in [0.5, 0.6) is 5.75 Å². The van der Waals surface area contributed by atoms with Crippen molar-refractivity contribution in [3.05, 3.63) is 29.8 Å². The van der Waals surface area contributed by atoms with Gasteiger partial charge in [-0.2, -0.15) is 5.26 Å². The quantitative estimate of drug-likeness (QED) is 0.796. The number of carbonyl (C=O) groups is 1. The lowest BCUT2D eigenvalue weighted by Crippen LogP contribution is -2.46. The van der Waals surface area contributed by atoms with Crippen LogP contribution in [0.15, 0.2) is 24.3 Å². The molecule has 0 aromatic heterocycles. The van der Waals surface area contributed by atoms with Gasteiger partial charge in [0, 0.05) is 12.1 Å². The van der Waals surface area contributed by atoms with E-state index in [9.17, 15) is 10.1 Å². The lowest BCUT2D eigenvalue weighted by molar-refractivity contribution is -0.138. The van der Waals surface area contributed by atoms with E-state index in [2.05, 4.69) is 6.07 Å². The second-order valence-electron chi connectivity index (χ2n) is 6.82. The predicted molar refractivity (Wildman–Crippen MR) is 78.4 cm³/mol. The molecular formula is C17H20N2O2. The van der Waals surface area contributed by atoms with Crippen molar-refractivity contribution in [2.45, 2.75) is 39.3 Å².